The first kappa shape index (κ1) is 18.3. The van der Waals surface area contributed by atoms with Crippen LogP contribution in [0, 0.1) is 5.82 Å². The molecule has 5 nitrogen and oxygen atoms in total. The fourth-order valence-corrected chi connectivity index (χ4v) is 2.27. The van der Waals surface area contributed by atoms with Crippen molar-refractivity contribution in [1.82, 2.24) is 5.43 Å². The van der Waals surface area contributed by atoms with Crippen LogP contribution in [0.25, 0.3) is 0 Å². The van der Waals surface area contributed by atoms with Crippen molar-refractivity contribution in [2.75, 3.05) is 5.32 Å². The summed E-state index contributed by atoms with van der Waals surface area (Å²) in [6.07, 6.45) is 0.831. The van der Waals surface area contributed by atoms with Crippen LogP contribution >= 0.6 is 0 Å². The van der Waals surface area contributed by atoms with Gasteiger partial charge in [-0.05, 0) is 37.1 Å². The highest BCUT2D eigenvalue weighted by atomic mass is 19.1. The molecule has 0 spiro atoms. The Morgan fingerprint density at radius 1 is 1.08 bits per heavy atom. The number of benzene rings is 2. The lowest BCUT2D eigenvalue weighted by atomic mass is 10.1. The molecule has 2 aromatic rings. The zero-order valence-corrected chi connectivity index (χ0v) is 14.2. The summed E-state index contributed by atoms with van der Waals surface area (Å²) in [4.78, 5) is 24.0. The Hall–Kier alpha value is -3.02. The predicted molar refractivity (Wildman–Crippen MR) is 96.0 cm³/mol. The molecular weight excluding hydrogens is 321 g/mol. The van der Waals surface area contributed by atoms with Crippen LogP contribution in [0.2, 0.25) is 0 Å². The van der Waals surface area contributed by atoms with Gasteiger partial charge in [-0.25, -0.2) is 9.82 Å². The van der Waals surface area contributed by atoms with Gasteiger partial charge in [0.15, 0.2) is 0 Å². The van der Waals surface area contributed by atoms with Crippen LogP contribution in [0.4, 0.5) is 10.1 Å². The van der Waals surface area contributed by atoms with Gasteiger partial charge in [0.2, 0.25) is 5.91 Å². The highest BCUT2D eigenvalue weighted by molar-refractivity contribution is 6.06. The van der Waals surface area contributed by atoms with Gasteiger partial charge < -0.3 is 5.32 Å². The molecule has 0 aliphatic carbocycles. The van der Waals surface area contributed by atoms with Gasteiger partial charge in [-0.3, -0.25) is 9.59 Å². The van der Waals surface area contributed by atoms with Crippen molar-refractivity contribution in [2.24, 2.45) is 5.10 Å². The van der Waals surface area contributed by atoms with Crippen molar-refractivity contribution in [3.63, 3.8) is 0 Å². The van der Waals surface area contributed by atoms with Gasteiger partial charge in [-0.15, -0.1) is 0 Å². The van der Waals surface area contributed by atoms with Crippen LogP contribution in [-0.2, 0) is 11.2 Å². The van der Waals surface area contributed by atoms with Gasteiger partial charge in [0.1, 0.15) is 5.82 Å². The van der Waals surface area contributed by atoms with Gasteiger partial charge >= 0.3 is 0 Å². The summed E-state index contributed by atoms with van der Waals surface area (Å²) < 4.78 is 13.5. The van der Waals surface area contributed by atoms with Crippen molar-refractivity contribution in [3.8, 4) is 0 Å². The van der Waals surface area contributed by atoms with E-state index in [1.165, 1.54) is 18.2 Å². The Balaban J connectivity index is 1.93. The van der Waals surface area contributed by atoms with Gasteiger partial charge in [-0.2, -0.15) is 5.10 Å². The lowest BCUT2D eigenvalue weighted by Crippen LogP contribution is -2.22. The molecule has 130 valence electrons. The third kappa shape index (κ3) is 5.24. The Kier molecular flexibility index (Phi) is 6.39. The van der Waals surface area contributed by atoms with Crippen LogP contribution in [0.15, 0.2) is 53.6 Å². The number of hydrazone groups is 1. The average molecular weight is 341 g/mol. The third-order valence-electron chi connectivity index (χ3n) is 3.56. The SMILES string of the molecule is CCc1ccccc1NC(=O)C/C(C)=N/NC(=O)c1ccccc1F. The molecule has 0 aliphatic rings. The van der Waals surface area contributed by atoms with Crippen LogP contribution in [0.5, 0.6) is 0 Å². The molecule has 2 amide bonds. The van der Waals surface area contributed by atoms with Crippen LogP contribution in [-0.4, -0.2) is 17.5 Å². The second-order valence-corrected chi connectivity index (χ2v) is 5.50. The summed E-state index contributed by atoms with van der Waals surface area (Å²) in [5, 5.41) is 6.68. The normalized spacial score (nSPS) is 11.1. The molecule has 0 unspecified atom stereocenters. The maximum atomic E-state index is 13.5. The molecule has 2 N–H and O–H groups in total. The summed E-state index contributed by atoms with van der Waals surface area (Å²) in [5.41, 5.74) is 4.38. The van der Waals surface area contributed by atoms with E-state index in [-0.39, 0.29) is 17.9 Å². The largest absolute Gasteiger partial charge is 0.326 e. The summed E-state index contributed by atoms with van der Waals surface area (Å²) in [7, 11) is 0. The summed E-state index contributed by atoms with van der Waals surface area (Å²) >= 11 is 0. The minimum absolute atomic E-state index is 0.0234. The van der Waals surface area contributed by atoms with Gasteiger partial charge in [-0.1, -0.05) is 37.3 Å². The summed E-state index contributed by atoms with van der Waals surface area (Å²) in [6.45, 7) is 3.63. The second kappa shape index (κ2) is 8.73. The molecule has 25 heavy (non-hydrogen) atoms. The number of carbonyl (C=O) groups is 2. The maximum Gasteiger partial charge on any atom is 0.274 e. The monoisotopic (exact) mass is 341 g/mol. The molecule has 0 fully saturated rings. The molecule has 0 saturated heterocycles. The smallest absolute Gasteiger partial charge is 0.274 e. The standard InChI is InChI=1S/C19H20FN3O2/c1-3-14-8-4-7-11-17(14)21-18(24)12-13(2)22-23-19(25)15-9-5-6-10-16(15)20/h4-11H,3,12H2,1-2H3,(H,21,24)(H,23,25)/b22-13+. The Labute approximate surface area is 145 Å². The number of hydrogen-bond acceptors (Lipinski definition) is 3. The first-order valence-electron chi connectivity index (χ1n) is 7.97. The zero-order chi connectivity index (χ0) is 18.2. The molecule has 2 rings (SSSR count). The van der Waals surface area contributed by atoms with Crippen molar-refractivity contribution in [3.05, 3.63) is 65.5 Å². The van der Waals surface area contributed by atoms with Crippen LogP contribution in [0.1, 0.15) is 36.2 Å². The van der Waals surface area contributed by atoms with Gasteiger partial charge in [0.25, 0.3) is 5.91 Å². The molecule has 0 heterocycles. The fourth-order valence-electron chi connectivity index (χ4n) is 2.27. The van der Waals surface area contributed by atoms with E-state index >= 15 is 0 Å². The molecule has 0 aliphatic heterocycles. The molecule has 6 heteroatoms. The number of aryl methyl sites for hydroxylation is 1. The predicted octanol–water partition coefficient (Wildman–Crippen LogP) is 3.52. The van der Waals surface area contributed by atoms with Crippen molar-refractivity contribution in [1.29, 1.82) is 0 Å². The molecule has 2 aromatic carbocycles. The molecule has 0 radical (unpaired) electrons. The first-order valence-corrected chi connectivity index (χ1v) is 7.97. The number of hydrogen-bond donors (Lipinski definition) is 2. The second-order valence-electron chi connectivity index (χ2n) is 5.50. The minimum Gasteiger partial charge on any atom is -0.326 e. The number of amides is 2. The molecular formula is C19H20FN3O2. The Morgan fingerprint density at radius 3 is 2.48 bits per heavy atom. The van der Waals surface area contributed by atoms with E-state index < -0.39 is 11.7 Å². The number of carbonyl (C=O) groups excluding carboxylic acids is 2. The van der Waals surface area contributed by atoms with Gasteiger partial charge in [0, 0.05) is 11.4 Å². The lowest BCUT2D eigenvalue weighted by Gasteiger charge is -2.09. The van der Waals surface area contributed by atoms with Crippen molar-refractivity contribution in [2.45, 2.75) is 26.7 Å². The number of anilines is 1. The number of halogens is 1. The fraction of sp³-hybridized carbons (Fsp3) is 0.211. The summed E-state index contributed by atoms with van der Waals surface area (Å²) in [5.74, 6) is -1.52. The van der Waals surface area contributed by atoms with E-state index in [4.69, 9.17) is 0 Å². The Morgan fingerprint density at radius 2 is 1.76 bits per heavy atom. The minimum atomic E-state index is -0.658. The van der Waals surface area contributed by atoms with Crippen LogP contribution < -0.4 is 10.7 Å². The van der Waals surface area contributed by atoms with E-state index in [2.05, 4.69) is 15.8 Å². The Bertz CT molecular complexity index is 803. The number of rotatable bonds is 6. The summed E-state index contributed by atoms with van der Waals surface area (Å²) in [6, 6.07) is 13.2. The average Bonchev–Trinajstić information content (AvgIpc) is 2.60. The van der Waals surface area contributed by atoms with E-state index in [0.717, 1.165) is 17.7 Å². The van der Waals surface area contributed by atoms with E-state index in [1.54, 1.807) is 13.0 Å². The number of nitrogens with zero attached hydrogens (tertiary/aromatic N) is 1. The van der Waals surface area contributed by atoms with Crippen molar-refractivity contribution >= 4 is 23.2 Å². The molecule has 0 aromatic heterocycles. The molecule has 0 bridgehead atoms. The lowest BCUT2D eigenvalue weighted by molar-refractivity contribution is -0.115. The quantitative estimate of drug-likeness (QED) is 0.623. The van der Waals surface area contributed by atoms with E-state index in [1.807, 2.05) is 31.2 Å². The number of nitrogens with one attached hydrogen (secondary N) is 2. The highest BCUT2D eigenvalue weighted by Crippen LogP contribution is 2.15. The van der Waals surface area contributed by atoms with Gasteiger partial charge in [0.05, 0.1) is 12.0 Å². The van der Waals surface area contributed by atoms with E-state index in [9.17, 15) is 14.0 Å². The van der Waals surface area contributed by atoms with Crippen molar-refractivity contribution < 1.29 is 14.0 Å². The molecule has 0 saturated carbocycles. The highest BCUT2D eigenvalue weighted by Gasteiger charge is 2.11. The van der Waals surface area contributed by atoms with E-state index in [0.29, 0.717) is 5.71 Å². The topological polar surface area (TPSA) is 70.6 Å². The molecule has 0 atom stereocenters. The first-order chi connectivity index (χ1) is 12.0. The van der Waals surface area contributed by atoms with Crippen LogP contribution in [0.3, 0.4) is 0 Å². The number of para-hydroxylation sites is 1. The zero-order valence-electron chi connectivity index (χ0n) is 14.2. The third-order valence-corrected chi connectivity index (χ3v) is 3.56. The maximum absolute atomic E-state index is 13.5.